The summed E-state index contributed by atoms with van der Waals surface area (Å²) in [6.07, 6.45) is -6.27. The molecule has 0 aromatic heterocycles. The van der Waals surface area contributed by atoms with Crippen LogP contribution < -0.4 is 0 Å². The molecular weight excluding hydrogens is 156 g/mol. The minimum atomic E-state index is -1.62. The van der Waals surface area contributed by atoms with E-state index in [2.05, 4.69) is 4.74 Å². The molecule has 0 unspecified atom stereocenters. The van der Waals surface area contributed by atoms with Gasteiger partial charge in [-0.2, -0.15) is 0 Å². The van der Waals surface area contributed by atoms with Crippen molar-refractivity contribution in [3.8, 4) is 0 Å². The van der Waals surface area contributed by atoms with E-state index in [0.717, 1.165) is 0 Å². The number of aliphatic hydroxyl groups excluding tert-OH is 3. The summed E-state index contributed by atoms with van der Waals surface area (Å²) in [6.45, 7) is 0. The first-order valence-electron chi connectivity index (χ1n) is 2.96. The number of hydrogen-bond acceptors (Lipinski definition) is 5. The summed E-state index contributed by atoms with van der Waals surface area (Å²) < 4.78 is 4.30. The van der Waals surface area contributed by atoms with Crippen molar-refractivity contribution in [3.05, 3.63) is 0 Å². The first-order chi connectivity index (χ1) is 5.04. The van der Waals surface area contributed by atoms with Gasteiger partial charge in [-0.15, -0.1) is 0 Å². The van der Waals surface area contributed by atoms with Gasteiger partial charge < -0.3 is 25.2 Å². The predicted octanol–water partition coefficient (Wildman–Crippen LogP) is -2.49. The maximum absolute atomic E-state index is 10.2. The van der Waals surface area contributed by atoms with Gasteiger partial charge in [-0.05, 0) is 0 Å². The molecule has 0 bridgehead atoms. The van der Waals surface area contributed by atoms with Crippen LogP contribution in [0.25, 0.3) is 0 Å². The van der Waals surface area contributed by atoms with Gasteiger partial charge in [0.2, 0.25) is 0 Å². The summed E-state index contributed by atoms with van der Waals surface area (Å²) in [6, 6.07) is 0. The zero-order chi connectivity index (χ0) is 8.59. The number of carboxylic acids is 1. The molecule has 0 amide bonds. The topological polar surface area (TPSA) is 107 Å². The molecule has 1 fully saturated rings. The van der Waals surface area contributed by atoms with Crippen LogP contribution in [-0.4, -0.2) is 51.0 Å². The third-order valence-corrected chi connectivity index (χ3v) is 1.48. The van der Waals surface area contributed by atoms with Crippen LogP contribution in [0.3, 0.4) is 0 Å². The minimum absolute atomic E-state index is 1.41. The third-order valence-electron chi connectivity index (χ3n) is 1.48. The van der Waals surface area contributed by atoms with Gasteiger partial charge >= 0.3 is 5.97 Å². The molecule has 0 radical (unpaired) electrons. The standard InChI is InChI=1S/C5H8O6/c6-1-2(7)5(10)11-3(1)4(8)9/h1-3,5-7,10H,(H,8,9)/t1-,2+,3-,5+/m0/s1. The molecule has 0 aromatic carbocycles. The molecule has 0 spiro atoms. The van der Waals surface area contributed by atoms with Gasteiger partial charge in [-0.25, -0.2) is 4.79 Å². The molecule has 6 nitrogen and oxygen atoms in total. The summed E-state index contributed by atoms with van der Waals surface area (Å²) >= 11 is 0. The van der Waals surface area contributed by atoms with Crippen LogP contribution in [0.4, 0.5) is 0 Å². The van der Waals surface area contributed by atoms with E-state index in [4.69, 9.17) is 20.4 Å². The first kappa shape index (κ1) is 8.41. The fourth-order valence-corrected chi connectivity index (χ4v) is 0.863. The Labute approximate surface area is 61.6 Å². The first-order valence-corrected chi connectivity index (χ1v) is 2.96. The number of hydrogen-bond donors (Lipinski definition) is 4. The highest BCUT2D eigenvalue weighted by Crippen LogP contribution is 2.19. The van der Waals surface area contributed by atoms with Crippen molar-refractivity contribution in [2.45, 2.75) is 24.6 Å². The molecule has 0 aliphatic carbocycles. The number of carboxylic acid groups (broad SMARTS) is 1. The van der Waals surface area contributed by atoms with E-state index in [1.807, 2.05) is 0 Å². The lowest BCUT2D eigenvalue weighted by atomic mass is 10.1. The van der Waals surface area contributed by atoms with Crippen molar-refractivity contribution in [1.29, 1.82) is 0 Å². The molecule has 6 heteroatoms. The minimum Gasteiger partial charge on any atom is -0.479 e. The number of aliphatic carboxylic acids is 1. The van der Waals surface area contributed by atoms with E-state index in [0.29, 0.717) is 0 Å². The van der Waals surface area contributed by atoms with Crippen molar-refractivity contribution < 1.29 is 30.0 Å². The molecule has 0 saturated carbocycles. The zero-order valence-electron chi connectivity index (χ0n) is 5.41. The van der Waals surface area contributed by atoms with Gasteiger partial charge in [-0.3, -0.25) is 0 Å². The number of rotatable bonds is 1. The van der Waals surface area contributed by atoms with Gasteiger partial charge in [0.1, 0.15) is 12.2 Å². The Hall–Kier alpha value is -0.690. The SMILES string of the molecule is O=C(O)[C@H]1O[C@@H](O)[C@H](O)[C@@H]1O. The van der Waals surface area contributed by atoms with Crippen LogP contribution in [0.1, 0.15) is 0 Å². The van der Waals surface area contributed by atoms with E-state index in [1.54, 1.807) is 0 Å². The fourth-order valence-electron chi connectivity index (χ4n) is 0.863. The van der Waals surface area contributed by atoms with Gasteiger partial charge in [0, 0.05) is 0 Å². The molecule has 1 saturated heterocycles. The number of aliphatic hydroxyl groups is 3. The second-order valence-corrected chi connectivity index (χ2v) is 2.27. The van der Waals surface area contributed by atoms with Crippen molar-refractivity contribution >= 4 is 5.97 Å². The summed E-state index contributed by atoms with van der Waals surface area (Å²) in [5, 5.41) is 34.7. The Bertz CT molecular complexity index is 168. The van der Waals surface area contributed by atoms with Gasteiger partial charge in [0.05, 0.1) is 0 Å². The van der Waals surface area contributed by atoms with Crippen molar-refractivity contribution in [1.82, 2.24) is 0 Å². The molecule has 4 N–H and O–H groups in total. The molecule has 1 rings (SSSR count). The van der Waals surface area contributed by atoms with Gasteiger partial charge in [-0.1, -0.05) is 0 Å². The van der Waals surface area contributed by atoms with Crippen molar-refractivity contribution in [2.24, 2.45) is 0 Å². The molecule has 1 aliphatic rings. The van der Waals surface area contributed by atoms with Crippen LogP contribution in [-0.2, 0) is 9.53 Å². The molecule has 1 heterocycles. The Balaban J connectivity index is 2.67. The highest BCUT2D eigenvalue weighted by Gasteiger charge is 2.45. The van der Waals surface area contributed by atoms with Crippen molar-refractivity contribution in [2.75, 3.05) is 0 Å². The molecule has 64 valence electrons. The molecule has 1 aliphatic heterocycles. The smallest absolute Gasteiger partial charge is 0.335 e. The predicted molar refractivity (Wildman–Crippen MR) is 30.5 cm³/mol. The van der Waals surface area contributed by atoms with E-state index >= 15 is 0 Å². The number of carbonyl (C=O) groups is 1. The Morgan fingerprint density at radius 3 is 1.91 bits per heavy atom. The maximum Gasteiger partial charge on any atom is 0.335 e. The fraction of sp³-hybridized carbons (Fsp3) is 0.800. The summed E-state index contributed by atoms with van der Waals surface area (Å²) in [5.74, 6) is -1.41. The monoisotopic (exact) mass is 164 g/mol. The summed E-state index contributed by atoms with van der Waals surface area (Å²) in [4.78, 5) is 10.2. The highest BCUT2D eigenvalue weighted by atomic mass is 16.7. The van der Waals surface area contributed by atoms with Crippen LogP contribution in [0.15, 0.2) is 0 Å². The van der Waals surface area contributed by atoms with E-state index in [1.165, 1.54) is 0 Å². The molecular formula is C5H8O6. The van der Waals surface area contributed by atoms with E-state index in [9.17, 15) is 4.79 Å². The van der Waals surface area contributed by atoms with Gasteiger partial charge in [0.15, 0.2) is 12.4 Å². The highest BCUT2D eigenvalue weighted by molar-refractivity contribution is 5.73. The van der Waals surface area contributed by atoms with Crippen LogP contribution in [0.2, 0.25) is 0 Å². The van der Waals surface area contributed by atoms with E-state index in [-0.39, 0.29) is 0 Å². The molecule has 0 aromatic rings. The summed E-state index contributed by atoms with van der Waals surface area (Å²) in [5.41, 5.74) is 0. The quantitative estimate of drug-likeness (QED) is 0.341. The average Bonchev–Trinajstić information content (AvgIpc) is 2.17. The van der Waals surface area contributed by atoms with Crippen LogP contribution in [0, 0.1) is 0 Å². The van der Waals surface area contributed by atoms with Crippen LogP contribution >= 0.6 is 0 Å². The Kier molecular flexibility index (Phi) is 2.10. The summed E-state index contributed by atoms with van der Waals surface area (Å²) in [7, 11) is 0. The molecule has 11 heavy (non-hydrogen) atoms. The van der Waals surface area contributed by atoms with Crippen LogP contribution in [0.5, 0.6) is 0 Å². The maximum atomic E-state index is 10.2. The van der Waals surface area contributed by atoms with E-state index < -0.39 is 30.6 Å². The normalized spacial score (nSPS) is 44.3. The lowest BCUT2D eigenvalue weighted by Gasteiger charge is -2.08. The zero-order valence-corrected chi connectivity index (χ0v) is 5.41. The Morgan fingerprint density at radius 2 is 1.73 bits per heavy atom. The average molecular weight is 164 g/mol. The molecule has 4 atom stereocenters. The van der Waals surface area contributed by atoms with Crippen molar-refractivity contribution in [3.63, 3.8) is 0 Å². The number of ether oxygens (including phenoxy) is 1. The lowest BCUT2D eigenvalue weighted by molar-refractivity contribution is -0.165. The third kappa shape index (κ3) is 1.33. The largest absolute Gasteiger partial charge is 0.479 e. The second-order valence-electron chi connectivity index (χ2n) is 2.27. The Morgan fingerprint density at radius 1 is 1.18 bits per heavy atom. The second kappa shape index (κ2) is 2.74. The van der Waals surface area contributed by atoms with Gasteiger partial charge in [0.25, 0.3) is 0 Å². The lowest BCUT2D eigenvalue weighted by Crippen LogP contribution is -2.36.